The van der Waals surface area contributed by atoms with Gasteiger partial charge in [-0.15, -0.1) is 0 Å². The number of nitrogens with one attached hydrogen (secondary N) is 1. The molecule has 1 N–H and O–H groups in total. The van der Waals surface area contributed by atoms with Crippen LogP contribution in [0.2, 0.25) is 5.02 Å². The summed E-state index contributed by atoms with van der Waals surface area (Å²) >= 11 is 6.13. The van der Waals surface area contributed by atoms with Gasteiger partial charge >= 0.3 is 0 Å². The molecule has 3 saturated carbocycles. The van der Waals surface area contributed by atoms with Gasteiger partial charge in [-0.05, 0) is 49.3 Å². The highest BCUT2D eigenvalue weighted by molar-refractivity contribution is 7.92. The van der Waals surface area contributed by atoms with E-state index in [9.17, 15) is 26.4 Å². The molecule has 0 aliphatic heterocycles. The Morgan fingerprint density at radius 1 is 1.03 bits per heavy atom. The molecule has 2 aromatic carbocycles. The molecule has 158 valence electrons. The first-order chi connectivity index (χ1) is 14.1. The number of halogens is 4. The van der Waals surface area contributed by atoms with Crippen molar-refractivity contribution in [3.63, 3.8) is 0 Å². The van der Waals surface area contributed by atoms with Gasteiger partial charge < -0.3 is 5.32 Å². The molecule has 0 heterocycles. The van der Waals surface area contributed by atoms with Gasteiger partial charge in [-0.2, -0.15) is 0 Å². The zero-order valence-electron chi connectivity index (χ0n) is 15.6. The Kier molecular flexibility index (Phi) is 5.18. The van der Waals surface area contributed by atoms with Crippen molar-refractivity contribution in [2.24, 2.45) is 11.8 Å². The Labute approximate surface area is 176 Å². The Morgan fingerprint density at radius 3 is 2.20 bits per heavy atom. The first kappa shape index (κ1) is 20.9. The predicted molar refractivity (Wildman–Crippen MR) is 107 cm³/mol. The summed E-state index contributed by atoms with van der Waals surface area (Å²) in [4.78, 5) is 12.3. The summed E-state index contributed by atoms with van der Waals surface area (Å²) in [5.41, 5.74) is 0.731. The van der Waals surface area contributed by atoms with Crippen LogP contribution in [-0.2, 0) is 9.84 Å². The summed E-state index contributed by atoms with van der Waals surface area (Å²) in [5, 5.41) is 1.61. The molecule has 30 heavy (non-hydrogen) atoms. The number of carbonyl (C=O) groups excluding carboxylic acids is 1. The maximum Gasteiger partial charge on any atom is 0.255 e. The molecule has 2 aromatic rings. The summed E-state index contributed by atoms with van der Waals surface area (Å²) in [6.45, 7) is 4.00. The van der Waals surface area contributed by atoms with Crippen molar-refractivity contribution in [3.05, 3.63) is 70.5 Å². The smallest absolute Gasteiger partial charge is 0.255 e. The second-order valence-electron chi connectivity index (χ2n) is 7.70. The zero-order valence-corrected chi connectivity index (χ0v) is 17.2. The summed E-state index contributed by atoms with van der Waals surface area (Å²) < 4.78 is 66.1. The second-order valence-corrected chi connectivity index (χ2v) is 10.3. The van der Waals surface area contributed by atoms with E-state index < -0.39 is 38.4 Å². The fourth-order valence-electron chi connectivity index (χ4n) is 4.17. The standard InChI is InChI=1S/C21H17ClF3NO3S/c1-10-12-4-13(10)6-15(5-12)30(28,29)19-7-11(2-3-16(19)22)21(27)26-14-8-17(23)20(25)18(24)9-14/h2-3,7-9,12-13,15H,1,4-6H2,(H,26,27)/t12-,13?,15?/m0/s1. The Balaban J connectivity index is 1.60. The van der Waals surface area contributed by atoms with E-state index in [0.29, 0.717) is 25.0 Å². The molecule has 3 fully saturated rings. The predicted octanol–water partition coefficient (Wildman–Crippen LogP) is 5.14. The zero-order chi connectivity index (χ0) is 21.8. The van der Waals surface area contributed by atoms with Gasteiger partial charge in [0.1, 0.15) is 0 Å². The first-order valence-corrected chi connectivity index (χ1v) is 11.2. The van der Waals surface area contributed by atoms with Crippen LogP contribution in [0.15, 0.2) is 47.4 Å². The molecule has 2 unspecified atom stereocenters. The van der Waals surface area contributed by atoms with Crippen molar-refractivity contribution in [1.82, 2.24) is 0 Å². The van der Waals surface area contributed by atoms with Crippen LogP contribution in [0.3, 0.4) is 0 Å². The second kappa shape index (κ2) is 7.42. The van der Waals surface area contributed by atoms with E-state index >= 15 is 0 Å². The monoisotopic (exact) mass is 455 g/mol. The number of sulfone groups is 1. The highest BCUT2D eigenvalue weighted by atomic mass is 35.5. The van der Waals surface area contributed by atoms with E-state index in [2.05, 4.69) is 11.9 Å². The third-order valence-corrected chi connectivity index (χ3v) is 8.55. The van der Waals surface area contributed by atoms with Crippen molar-refractivity contribution < 1.29 is 26.4 Å². The number of hydrogen-bond acceptors (Lipinski definition) is 3. The van der Waals surface area contributed by atoms with Crippen molar-refractivity contribution in [3.8, 4) is 0 Å². The number of carbonyl (C=O) groups is 1. The van der Waals surface area contributed by atoms with Crippen molar-refractivity contribution in [2.45, 2.75) is 29.4 Å². The van der Waals surface area contributed by atoms with Gasteiger partial charge in [-0.3, -0.25) is 4.79 Å². The lowest BCUT2D eigenvalue weighted by Crippen LogP contribution is -2.42. The molecule has 0 radical (unpaired) electrons. The Bertz CT molecular complexity index is 1150. The molecule has 0 saturated heterocycles. The summed E-state index contributed by atoms with van der Waals surface area (Å²) in [5.74, 6) is -4.99. The summed E-state index contributed by atoms with van der Waals surface area (Å²) in [7, 11) is -3.79. The number of anilines is 1. The van der Waals surface area contributed by atoms with Crippen molar-refractivity contribution in [2.75, 3.05) is 5.32 Å². The van der Waals surface area contributed by atoms with Gasteiger partial charge in [0, 0.05) is 23.4 Å². The van der Waals surface area contributed by atoms with E-state index in [1.165, 1.54) is 12.1 Å². The number of hydrogen-bond donors (Lipinski definition) is 1. The van der Waals surface area contributed by atoms with Gasteiger partial charge in [-0.25, -0.2) is 21.6 Å². The van der Waals surface area contributed by atoms with Crippen LogP contribution in [0.1, 0.15) is 29.6 Å². The van der Waals surface area contributed by atoms with E-state index in [1.54, 1.807) is 0 Å². The number of amides is 1. The molecule has 0 spiro atoms. The van der Waals surface area contributed by atoms with E-state index in [1.807, 2.05) is 0 Å². The van der Waals surface area contributed by atoms with Crippen LogP contribution in [0.5, 0.6) is 0 Å². The average Bonchev–Trinajstić information content (AvgIpc) is 2.71. The van der Waals surface area contributed by atoms with Gasteiger partial charge in [0.05, 0.1) is 15.2 Å². The first-order valence-electron chi connectivity index (χ1n) is 9.26. The molecule has 9 heteroatoms. The van der Waals surface area contributed by atoms with Crippen LogP contribution < -0.4 is 5.32 Å². The normalized spacial score (nSPS) is 23.1. The summed E-state index contributed by atoms with van der Waals surface area (Å²) in [6, 6.07) is 5.00. The van der Waals surface area contributed by atoms with Crippen molar-refractivity contribution >= 4 is 33.0 Å². The molecule has 2 bridgehead atoms. The van der Waals surface area contributed by atoms with Crippen LogP contribution in [0.25, 0.3) is 0 Å². The highest BCUT2D eigenvalue weighted by Gasteiger charge is 2.46. The maximum atomic E-state index is 13.4. The SMILES string of the molecule is C=C1C2CC(S(=O)(=O)c3cc(C(=O)Nc4cc(F)c(F)c(F)c4)ccc3Cl)C[C@@H]1C2. The van der Waals surface area contributed by atoms with Gasteiger partial charge in [0.2, 0.25) is 0 Å². The lowest BCUT2D eigenvalue weighted by molar-refractivity contribution is 0.102. The third kappa shape index (κ3) is 3.52. The fourth-order valence-corrected chi connectivity index (χ4v) is 6.57. The quantitative estimate of drug-likeness (QED) is 0.513. The van der Waals surface area contributed by atoms with E-state index in [4.69, 9.17) is 11.6 Å². The minimum Gasteiger partial charge on any atom is -0.322 e. The Morgan fingerprint density at radius 2 is 1.63 bits per heavy atom. The van der Waals surface area contributed by atoms with E-state index in [-0.39, 0.29) is 33.0 Å². The average molecular weight is 456 g/mol. The van der Waals surface area contributed by atoms with Gasteiger partial charge in [0.25, 0.3) is 5.91 Å². The van der Waals surface area contributed by atoms with E-state index in [0.717, 1.165) is 18.1 Å². The van der Waals surface area contributed by atoms with Crippen LogP contribution >= 0.6 is 11.6 Å². The molecule has 4 nitrogen and oxygen atoms in total. The maximum absolute atomic E-state index is 13.4. The van der Waals surface area contributed by atoms with Crippen LogP contribution in [0.4, 0.5) is 18.9 Å². The molecule has 1 amide bonds. The highest BCUT2D eigenvalue weighted by Crippen LogP contribution is 2.52. The number of benzene rings is 2. The van der Waals surface area contributed by atoms with Crippen LogP contribution in [0, 0.1) is 29.3 Å². The lowest BCUT2D eigenvalue weighted by Gasteiger charge is -2.47. The third-order valence-electron chi connectivity index (χ3n) is 5.89. The number of rotatable bonds is 4. The number of allylic oxidation sites excluding steroid dienone is 1. The van der Waals surface area contributed by atoms with Crippen molar-refractivity contribution in [1.29, 1.82) is 0 Å². The number of fused-ring (bicyclic) bond motifs is 2. The van der Waals surface area contributed by atoms with Gasteiger partial charge in [-0.1, -0.05) is 23.8 Å². The Hall–Kier alpha value is -2.32. The molecular weight excluding hydrogens is 439 g/mol. The largest absolute Gasteiger partial charge is 0.322 e. The fraction of sp³-hybridized carbons (Fsp3) is 0.286. The molecule has 3 aliphatic rings. The van der Waals surface area contributed by atoms with Crippen LogP contribution in [-0.4, -0.2) is 19.6 Å². The minimum absolute atomic E-state index is 0.0107. The molecule has 5 rings (SSSR count). The molecule has 0 aromatic heterocycles. The lowest BCUT2D eigenvalue weighted by atomic mass is 9.62. The van der Waals surface area contributed by atoms with Gasteiger partial charge in [0.15, 0.2) is 27.3 Å². The summed E-state index contributed by atoms with van der Waals surface area (Å²) in [6.07, 6.45) is 1.89. The molecule has 3 atom stereocenters. The molecule has 3 aliphatic carbocycles. The molecular formula is C21H17ClF3NO3S. The topological polar surface area (TPSA) is 63.2 Å². The minimum atomic E-state index is -3.79.